The Morgan fingerprint density at radius 1 is 1.23 bits per heavy atom. The third-order valence-electron chi connectivity index (χ3n) is 5.52. The number of aromatic nitrogens is 1. The van der Waals surface area contributed by atoms with Gasteiger partial charge in [-0.15, -0.1) is 11.3 Å². The number of rotatable bonds is 2. The highest BCUT2D eigenvalue weighted by molar-refractivity contribution is 7.17. The van der Waals surface area contributed by atoms with Crippen molar-refractivity contribution in [3.8, 4) is 10.6 Å². The molecular formula is C20H19N3O2S. The van der Waals surface area contributed by atoms with Crippen LogP contribution in [0.4, 0.5) is 5.69 Å². The number of fused-ring (bicyclic) bond motifs is 2. The van der Waals surface area contributed by atoms with Crippen LogP contribution in [0.2, 0.25) is 0 Å². The van der Waals surface area contributed by atoms with E-state index in [1.54, 1.807) is 18.7 Å². The van der Waals surface area contributed by atoms with Crippen LogP contribution in [0.15, 0.2) is 53.5 Å². The van der Waals surface area contributed by atoms with Gasteiger partial charge in [0.15, 0.2) is 0 Å². The molecule has 26 heavy (non-hydrogen) atoms. The summed E-state index contributed by atoms with van der Waals surface area (Å²) in [6.07, 6.45) is 7.09. The zero-order valence-corrected chi connectivity index (χ0v) is 15.1. The molecule has 1 N–H and O–H groups in total. The molecule has 1 aromatic carbocycles. The molecule has 2 aromatic heterocycles. The Morgan fingerprint density at radius 3 is 2.88 bits per heavy atom. The van der Waals surface area contributed by atoms with Gasteiger partial charge in [0, 0.05) is 23.2 Å². The lowest BCUT2D eigenvalue weighted by molar-refractivity contribution is 0.0986. The Hall–Kier alpha value is -2.44. The topological polar surface area (TPSA) is 58.4 Å². The summed E-state index contributed by atoms with van der Waals surface area (Å²) in [6, 6.07) is 10.2. The van der Waals surface area contributed by atoms with Crippen LogP contribution in [0.1, 0.15) is 28.1 Å². The number of carbonyl (C=O) groups is 1. The van der Waals surface area contributed by atoms with E-state index in [2.05, 4.69) is 28.5 Å². The number of para-hydroxylation sites is 1. The fourth-order valence-corrected chi connectivity index (χ4v) is 5.02. The molecule has 1 saturated heterocycles. The molecule has 2 aliphatic heterocycles. The SMILES string of the molecule is O=C(c1cnc(-c2ccoc2)s1)N1CC2(CCNCC2)c2ccccc21. The maximum absolute atomic E-state index is 13.3. The molecule has 132 valence electrons. The smallest absolute Gasteiger partial charge is 0.270 e. The number of carbonyl (C=O) groups excluding carboxylic acids is 1. The largest absolute Gasteiger partial charge is 0.472 e. The van der Waals surface area contributed by atoms with Crippen LogP contribution in [0, 0.1) is 0 Å². The second-order valence-electron chi connectivity index (χ2n) is 6.98. The predicted molar refractivity (Wildman–Crippen MR) is 102 cm³/mol. The second-order valence-corrected chi connectivity index (χ2v) is 8.01. The molecule has 0 unspecified atom stereocenters. The van der Waals surface area contributed by atoms with E-state index in [-0.39, 0.29) is 11.3 Å². The molecule has 2 aliphatic rings. The minimum absolute atomic E-state index is 0.0418. The molecule has 1 amide bonds. The summed E-state index contributed by atoms with van der Waals surface area (Å²) < 4.78 is 5.13. The molecule has 1 fully saturated rings. The highest BCUT2D eigenvalue weighted by Gasteiger charge is 2.45. The van der Waals surface area contributed by atoms with E-state index < -0.39 is 0 Å². The third kappa shape index (κ3) is 2.40. The van der Waals surface area contributed by atoms with Gasteiger partial charge in [0.05, 0.1) is 12.5 Å². The minimum atomic E-state index is 0.0418. The third-order valence-corrected chi connectivity index (χ3v) is 6.55. The summed E-state index contributed by atoms with van der Waals surface area (Å²) in [5.74, 6) is 0.0418. The number of piperidine rings is 1. The van der Waals surface area contributed by atoms with Crippen molar-refractivity contribution in [2.45, 2.75) is 18.3 Å². The Morgan fingerprint density at radius 2 is 2.08 bits per heavy atom. The first kappa shape index (κ1) is 15.8. The summed E-state index contributed by atoms with van der Waals surface area (Å²) in [5, 5.41) is 4.25. The molecular weight excluding hydrogens is 346 g/mol. The van der Waals surface area contributed by atoms with Crippen molar-refractivity contribution in [1.29, 1.82) is 0 Å². The van der Waals surface area contributed by atoms with Gasteiger partial charge in [-0.25, -0.2) is 4.98 Å². The standard InChI is InChI=1S/C20H19N3O2S/c24-19(17-11-22-18(26-17)14-5-10-25-12-14)23-13-20(6-8-21-9-7-20)15-3-1-2-4-16(15)23/h1-5,10-12,21H,6-9,13H2. The molecule has 0 aliphatic carbocycles. The van der Waals surface area contributed by atoms with Gasteiger partial charge in [-0.05, 0) is 43.6 Å². The van der Waals surface area contributed by atoms with Crippen molar-refractivity contribution in [2.24, 2.45) is 0 Å². The molecule has 1 spiro atoms. The van der Waals surface area contributed by atoms with E-state index in [4.69, 9.17) is 4.42 Å². The summed E-state index contributed by atoms with van der Waals surface area (Å²) in [5.41, 5.74) is 3.35. The van der Waals surface area contributed by atoms with E-state index >= 15 is 0 Å². The number of furan rings is 1. The van der Waals surface area contributed by atoms with Gasteiger partial charge < -0.3 is 14.6 Å². The monoisotopic (exact) mass is 365 g/mol. The highest BCUT2D eigenvalue weighted by atomic mass is 32.1. The number of anilines is 1. The second kappa shape index (κ2) is 6.07. The van der Waals surface area contributed by atoms with Crippen molar-refractivity contribution >= 4 is 22.9 Å². The average Bonchev–Trinajstić information content (AvgIpc) is 3.42. The van der Waals surface area contributed by atoms with E-state index in [1.165, 1.54) is 16.9 Å². The molecule has 0 bridgehead atoms. The van der Waals surface area contributed by atoms with Gasteiger partial charge in [-0.2, -0.15) is 0 Å². The lowest BCUT2D eigenvalue weighted by atomic mass is 9.75. The number of thiazole rings is 1. The molecule has 5 rings (SSSR count). The number of amides is 1. The van der Waals surface area contributed by atoms with Gasteiger partial charge in [0.1, 0.15) is 16.1 Å². The fraction of sp³-hybridized carbons (Fsp3) is 0.300. The Labute approximate surface area is 155 Å². The van der Waals surface area contributed by atoms with Crippen molar-refractivity contribution in [3.63, 3.8) is 0 Å². The Balaban J connectivity index is 1.49. The van der Waals surface area contributed by atoms with Gasteiger partial charge in [0.25, 0.3) is 5.91 Å². The normalized spacial score (nSPS) is 18.2. The molecule has 5 nitrogen and oxygen atoms in total. The lowest BCUT2D eigenvalue weighted by Gasteiger charge is -2.34. The first-order chi connectivity index (χ1) is 12.8. The van der Waals surface area contributed by atoms with Gasteiger partial charge in [-0.1, -0.05) is 18.2 Å². The Kier molecular flexibility index (Phi) is 3.69. The molecule has 6 heteroatoms. The number of nitrogens with one attached hydrogen (secondary N) is 1. The minimum Gasteiger partial charge on any atom is -0.472 e. The molecule has 0 saturated carbocycles. The van der Waals surface area contributed by atoms with Crippen LogP contribution >= 0.6 is 11.3 Å². The van der Waals surface area contributed by atoms with Crippen LogP contribution in [0.3, 0.4) is 0 Å². The zero-order chi connectivity index (χ0) is 17.6. The highest BCUT2D eigenvalue weighted by Crippen LogP contribution is 2.46. The van der Waals surface area contributed by atoms with Crippen LogP contribution in [0.25, 0.3) is 10.6 Å². The predicted octanol–water partition coefficient (Wildman–Crippen LogP) is 3.68. The van der Waals surface area contributed by atoms with Crippen LogP contribution in [-0.2, 0) is 5.41 Å². The molecule has 4 heterocycles. The number of hydrogen-bond donors (Lipinski definition) is 1. The van der Waals surface area contributed by atoms with Gasteiger partial charge >= 0.3 is 0 Å². The molecule has 3 aromatic rings. The van der Waals surface area contributed by atoms with Gasteiger partial charge in [-0.3, -0.25) is 4.79 Å². The Bertz CT molecular complexity index is 942. The van der Waals surface area contributed by atoms with Crippen molar-refractivity contribution in [2.75, 3.05) is 24.5 Å². The number of hydrogen-bond acceptors (Lipinski definition) is 5. The zero-order valence-electron chi connectivity index (χ0n) is 14.3. The van der Waals surface area contributed by atoms with E-state index in [0.717, 1.165) is 48.7 Å². The first-order valence-electron chi connectivity index (χ1n) is 8.87. The van der Waals surface area contributed by atoms with Crippen LogP contribution < -0.4 is 10.2 Å². The summed E-state index contributed by atoms with van der Waals surface area (Å²) >= 11 is 1.42. The van der Waals surface area contributed by atoms with E-state index in [1.807, 2.05) is 17.0 Å². The van der Waals surface area contributed by atoms with Crippen molar-refractivity contribution < 1.29 is 9.21 Å². The summed E-state index contributed by atoms with van der Waals surface area (Å²) in [7, 11) is 0. The lowest BCUT2D eigenvalue weighted by Crippen LogP contribution is -2.44. The van der Waals surface area contributed by atoms with Crippen molar-refractivity contribution in [3.05, 3.63) is 59.5 Å². The van der Waals surface area contributed by atoms with Crippen molar-refractivity contribution in [1.82, 2.24) is 10.3 Å². The summed E-state index contributed by atoms with van der Waals surface area (Å²) in [6.45, 7) is 2.76. The molecule has 0 atom stereocenters. The average molecular weight is 365 g/mol. The maximum atomic E-state index is 13.3. The van der Waals surface area contributed by atoms with E-state index in [9.17, 15) is 4.79 Å². The quantitative estimate of drug-likeness (QED) is 0.753. The summed E-state index contributed by atoms with van der Waals surface area (Å²) in [4.78, 5) is 20.3. The maximum Gasteiger partial charge on any atom is 0.270 e. The van der Waals surface area contributed by atoms with Crippen LogP contribution in [-0.4, -0.2) is 30.5 Å². The van der Waals surface area contributed by atoms with E-state index in [0.29, 0.717) is 4.88 Å². The number of benzene rings is 1. The molecule has 0 radical (unpaired) electrons. The van der Waals surface area contributed by atoms with Gasteiger partial charge in [0.2, 0.25) is 0 Å². The van der Waals surface area contributed by atoms with Crippen LogP contribution in [0.5, 0.6) is 0 Å². The number of nitrogens with zero attached hydrogens (tertiary/aromatic N) is 2. The fourth-order valence-electron chi connectivity index (χ4n) is 4.17. The first-order valence-corrected chi connectivity index (χ1v) is 9.69.